The molecule has 0 aliphatic heterocycles. The molecule has 1 N–H and O–H groups in total. The van der Waals surface area contributed by atoms with Crippen molar-refractivity contribution in [2.24, 2.45) is 35.5 Å². The molecule has 0 amide bonds. The van der Waals surface area contributed by atoms with Crippen LogP contribution in [-0.4, -0.2) is 12.1 Å². The Hall–Kier alpha value is -0.0400. The first-order chi connectivity index (χ1) is 9.19. The lowest BCUT2D eigenvalue weighted by Crippen LogP contribution is -2.58. The highest BCUT2D eigenvalue weighted by Gasteiger charge is 2.48. The fourth-order valence-corrected chi connectivity index (χ4v) is 6.36. The van der Waals surface area contributed by atoms with Crippen LogP contribution >= 0.6 is 0 Å². The Morgan fingerprint density at radius 3 is 1.95 bits per heavy atom. The van der Waals surface area contributed by atoms with Crippen molar-refractivity contribution in [1.29, 1.82) is 0 Å². The van der Waals surface area contributed by atoms with Gasteiger partial charge >= 0.3 is 0 Å². The van der Waals surface area contributed by atoms with Crippen molar-refractivity contribution in [3.8, 4) is 0 Å². The summed E-state index contributed by atoms with van der Waals surface area (Å²) < 4.78 is 0. The van der Waals surface area contributed by atoms with Gasteiger partial charge in [-0.2, -0.15) is 0 Å². The van der Waals surface area contributed by atoms with E-state index in [1.807, 2.05) is 0 Å². The first kappa shape index (κ1) is 12.7. The molecule has 5 aliphatic carbocycles. The van der Waals surface area contributed by atoms with Crippen molar-refractivity contribution in [3.05, 3.63) is 0 Å². The summed E-state index contributed by atoms with van der Waals surface area (Å²) >= 11 is 0. The largest absolute Gasteiger partial charge is 0.310 e. The Labute approximate surface area is 118 Å². The van der Waals surface area contributed by atoms with Gasteiger partial charge in [0.15, 0.2) is 0 Å². The summed E-state index contributed by atoms with van der Waals surface area (Å²) in [6.45, 7) is 4.93. The summed E-state index contributed by atoms with van der Waals surface area (Å²) in [5, 5.41) is 4.17. The van der Waals surface area contributed by atoms with Crippen LogP contribution in [0.1, 0.15) is 65.2 Å². The summed E-state index contributed by atoms with van der Waals surface area (Å²) in [4.78, 5) is 0. The first-order valence-electron chi connectivity index (χ1n) is 8.95. The van der Waals surface area contributed by atoms with Crippen LogP contribution in [0.25, 0.3) is 0 Å². The van der Waals surface area contributed by atoms with Gasteiger partial charge in [0.05, 0.1) is 0 Å². The molecule has 0 radical (unpaired) electrons. The number of hydrogen-bond donors (Lipinski definition) is 1. The molecule has 0 aromatic carbocycles. The second-order valence-corrected chi connectivity index (χ2v) is 8.63. The van der Waals surface area contributed by atoms with Crippen LogP contribution in [0.5, 0.6) is 0 Å². The van der Waals surface area contributed by atoms with E-state index in [0.717, 1.165) is 47.6 Å². The highest BCUT2D eigenvalue weighted by Crippen LogP contribution is 2.54. The molecular weight excluding hydrogens is 230 g/mol. The van der Waals surface area contributed by atoms with Gasteiger partial charge in [-0.3, -0.25) is 0 Å². The van der Waals surface area contributed by atoms with Crippen LogP contribution < -0.4 is 5.32 Å². The van der Waals surface area contributed by atoms with E-state index in [4.69, 9.17) is 0 Å². The number of hydrogen-bond acceptors (Lipinski definition) is 1. The minimum atomic E-state index is 0.832. The summed E-state index contributed by atoms with van der Waals surface area (Å²) in [7, 11) is 0. The van der Waals surface area contributed by atoms with E-state index < -0.39 is 0 Å². The summed E-state index contributed by atoms with van der Waals surface area (Å²) in [5.41, 5.74) is 0. The zero-order chi connectivity index (χ0) is 13.0. The van der Waals surface area contributed by atoms with Gasteiger partial charge in [0.2, 0.25) is 0 Å². The van der Waals surface area contributed by atoms with Gasteiger partial charge in [-0.05, 0) is 86.9 Å². The van der Waals surface area contributed by atoms with E-state index in [1.165, 1.54) is 19.3 Å². The highest BCUT2D eigenvalue weighted by atomic mass is 15.0. The molecule has 0 aromatic heterocycles. The minimum absolute atomic E-state index is 0.832. The SMILES string of the molecule is CC1CCC(NC2C3CC4CC(C3)CC2C4)C(C)C1. The van der Waals surface area contributed by atoms with E-state index in [1.54, 1.807) is 32.1 Å². The molecule has 0 saturated heterocycles. The normalized spacial score (nSPS) is 56.5. The van der Waals surface area contributed by atoms with Crippen molar-refractivity contribution in [3.63, 3.8) is 0 Å². The molecule has 5 rings (SSSR count). The predicted molar refractivity (Wildman–Crippen MR) is 79.9 cm³/mol. The molecule has 108 valence electrons. The maximum absolute atomic E-state index is 4.17. The van der Waals surface area contributed by atoms with E-state index in [-0.39, 0.29) is 0 Å². The van der Waals surface area contributed by atoms with Crippen molar-refractivity contribution < 1.29 is 0 Å². The van der Waals surface area contributed by atoms with Crippen molar-refractivity contribution in [2.45, 2.75) is 77.3 Å². The number of rotatable bonds is 2. The molecule has 1 nitrogen and oxygen atoms in total. The van der Waals surface area contributed by atoms with Crippen LogP contribution in [0.2, 0.25) is 0 Å². The molecule has 0 aromatic rings. The molecule has 5 saturated carbocycles. The lowest BCUT2D eigenvalue weighted by molar-refractivity contribution is -0.0227. The quantitative estimate of drug-likeness (QED) is 0.784. The van der Waals surface area contributed by atoms with Crippen molar-refractivity contribution >= 4 is 0 Å². The maximum atomic E-state index is 4.17. The highest BCUT2D eigenvalue weighted by molar-refractivity contribution is 5.02. The Morgan fingerprint density at radius 2 is 1.37 bits per heavy atom. The Balaban J connectivity index is 1.43. The minimum Gasteiger partial charge on any atom is -0.310 e. The monoisotopic (exact) mass is 261 g/mol. The molecule has 4 bridgehead atoms. The predicted octanol–water partition coefficient (Wildman–Crippen LogP) is 4.23. The van der Waals surface area contributed by atoms with Gasteiger partial charge in [-0.25, -0.2) is 0 Å². The Bertz CT molecular complexity index is 309. The second kappa shape index (κ2) is 4.76. The lowest BCUT2D eigenvalue weighted by atomic mass is 9.54. The van der Waals surface area contributed by atoms with Crippen LogP contribution in [-0.2, 0) is 0 Å². The molecule has 1 heteroatoms. The summed E-state index contributed by atoms with van der Waals surface area (Å²) in [6, 6.07) is 1.73. The zero-order valence-electron chi connectivity index (χ0n) is 12.8. The molecule has 3 unspecified atom stereocenters. The average Bonchev–Trinajstić information content (AvgIpc) is 2.35. The van der Waals surface area contributed by atoms with E-state index >= 15 is 0 Å². The average molecular weight is 261 g/mol. The summed E-state index contributed by atoms with van der Waals surface area (Å²) in [6.07, 6.45) is 12.1. The molecule has 0 spiro atoms. The molecule has 5 fully saturated rings. The van der Waals surface area contributed by atoms with Crippen LogP contribution in [0.15, 0.2) is 0 Å². The summed E-state index contributed by atoms with van der Waals surface area (Å²) in [5.74, 6) is 6.19. The maximum Gasteiger partial charge on any atom is 0.0127 e. The van der Waals surface area contributed by atoms with E-state index in [9.17, 15) is 0 Å². The van der Waals surface area contributed by atoms with Crippen molar-refractivity contribution in [2.75, 3.05) is 0 Å². The third-order valence-electron chi connectivity index (χ3n) is 7.06. The van der Waals surface area contributed by atoms with Crippen LogP contribution in [0.4, 0.5) is 0 Å². The van der Waals surface area contributed by atoms with E-state index in [2.05, 4.69) is 19.2 Å². The first-order valence-corrected chi connectivity index (χ1v) is 8.95. The van der Waals surface area contributed by atoms with Gasteiger partial charge in [-0.1, -0.05) is 13.8 Å². The molecule has 5 aliphatic rings. The fraction of sp³-hybridized carbons (Fsp3) is 1.00. The van der Waals surface area contributed by atoms with Crippen LogP contribution in [0, 0.1) is 35.5 Å². The van der Waals surface area contributed by atoms with Gasteiger partial charge in [0.1, 0.15) is 0 Å². The topological polar surface area (TPSA) is 12.0 Å². The van der Waals surface area contributed by atoms with Gasteiger partial charge in [-0.15, -0.1) is 0 Å². The van der Waals surface area contributed by atoms with Crippen LogP contribution in [0.3, 0.4) is 0 Å². The molecule has 19 heavy (non-hydrogen) atoms. The Morgan fingerprint density at radius 1 is 0.737 bits per heavy atom. The van der Waals surface area contributed by atoms with Gasteiger partial charge in [0.25, 0.3) is 0 Å². The third-order valence-corrected chi connectivity index (χ3v) is 7.06. The molecular formula is C18H31N. The third kappa shape index (κ3) is 2.26. The Kier molecular flexibility index (Phi) is 3.17. The lowest BCUT2D eigenvalue weighted by Gasteiger charge is -2.56. The van der Waals surface area contributed by atoms with Crippen molar-refractivity contribution in [1.82, 2.24) is 5.32 Å². The van der Waals surface area contributed by atoms with E-state index in [0.29, 0.717) is 0 Å². The smallest absolute Gasteiger partial charge is 0.0127 e. The standard InChI is InChI=1S/C18H31N/c1-11-3-4-17(12(2)5-11)19-18-15-7-13-6-14(9-15)10-16(18)8-13/h11-19H,3-10H2,1-2H3. The van der Waals surface area contributed by atoms with Gasteiger partial charge < -0.3 is 5.32 Å². The van der Waals surface area contributed by atoms with Gasteiger partial charge in [0, 0.05) is 12.1 Å². The zero-order valence-corrected chi connectivity index (χ0v) is 12.8. The molecule has 0 heterocycles. The number of nitrogens with one attached hydrogen (secondary N) is 1. The second-order valence-electron chi connectivity index (χ2n) is 8.63. The fourth-order valence-electron chi connectivity index (χ4n) is 6.36. The molecule has 3 atom stereocenters.